The van der Waals surface area contributed by atoms with Crippen LogP contribution in [0.3, 0.4) is 0 Å². The van der Waals surface area contributed by atoms with Gasteiger partial charge in [-0.05, 0) is 12.1 Å². The number of aromatic amines is 1. The molecule has 0 saturated carbocycles. The van der Waals surface area contributed by atoms with Crippen molar-refractivity contribution in [2.45, 2.75) is 0 Å². The van der Waals surface area contributed by atoms with Crippen LogP contribution in [-0.4, -0.2) is 20.7 Å². The molecule has 5 heteroatoms. The highest BCUT2D eigenvalue weighted by Crippen LogP contribution is 2.25. The lowest BCUT2D eigenvalue weighted by molar-refractivity contribution is 0.112. The lowest BCUT2D eigenvalue weighted by Gasteiger charge is -2.05. The Morgan fingerprint density at radius 3 is 2.50 bits per heavy atom. The van der Waals surface area contributed by atoms with Crippen LogP contribution in [0.2, 0.25) is 0 Å². The monoisotopic (exact) mass is 289 g/mol. The number of nitrogens with zero attached hydrogens (tertiary/aromatic N) is 2. The number of hydrogen-bond acceptors (Lipinski definition) is 3. The molecule has 0 unspecified atom stereocenters. The van der Waals surface area contributed by atoms with Crippen molar-refractivity contribution in [2.24, 2.45) is 0 Å². The molecule has 2 aromatic heterocycles. The first kappa shape index (κ1) is 12.5. The highest BCUT2D eigenvalue weighted by atomic mass is 16.1. The van der Waals surface area contributed by atoms with Gasteiger partial charge in [-0.25, -0.2) is 9.78 Å². The molecule has 2 aromatic carbocycles. The van der Waals surface area contributed by atoms with E-state index in [0.29, 0.717) is 28.5 Å². The van der Waals surface area contributed by atoms with Crippen molar-refractivity contribution in [3.63, 3.8) is 0 Å². The van der Waals surface area contributed by atoms with E-state index in [2.05, 4.69) is 9.97 Å². The summed E-state index contributed by atoms with van der Waals surface area (Å²) in [5, 5.41) is 0. The minimum Gasteiger partial charge on any atom is -0.305 e. The van der Waals surface area contributed by atoms with Gasteiger partial charge in [0.15, 0.2) is 6.29 Å². The highest BCUT2D eigenvalue weighted by Gasteiger charge is 2.16. The van der Waals surface area contributed by atoms with Gasteiger partial charge < -0.3 is 4.98 Å². The van der Waals surface area contributed by atoms with E-state index in [0.717, 1.165) is 5.56 Å². The van der Waals surface area contributed by atoms with Gasteiger partial charge in [0.1, 0.15) is 11.2 Å². The third kappa shape index (κ3) is 1.69. The molecule has 0 bridgehead atoms. The normalized spacial score (nSPS) is 11.1. The number of para-hydroxylation sites is 2. The third-order valence-corrected chi connectivity index (χ3v) is 3.68. The minimum absolute atomic E-state index is 0.246. The topological polar surface area (TPSA) is 67.2 Å². The van der Waals surface area contributed by atoms with Crippen molar-refractivity contribution in [2.75, 3.05) is 0 Å². The lowest BCUT2D eigenvalue weighted by Crippen LogP contribution is -2.11. The fourth-order valence-corrected chi connectivity index (χ4v) is 2.73. The summed E-state index contributed by atoms with van der Waals surface area (Å²) in [5.74, 6) is 0. The van der Waals surface area contributed by atoms with Crippen LogP contribution >= 0.6 is 0 Å². The lowest BCUT2D eigenvalue weighted by atomic mass is 10.1. The van der Waals surface area contributed by atoms with E-state index >= 15 is 0 Å². The molecule has 0 spiro atoms. The van der Waals surface area contributed by atoms with E-state index in [9.17, 15) is 9.59 Å². The van der Waals surface area contributed by atoms with Crippen LogP contribution in [0, 0.1) is 0 Å². The van der Waals surface area contributed by atoms with Crippen LogP contribution in [-0.2, 0) is 0 Å². The number of H-pyrrole nitrogens is 1. The van der Waals surface area contributed by atoms with Crippen LogP contribution in [0.1, 0.15) is 10.5 Å². The number of aldehydes is 1. The van der Waals surface area contributed by atoms with E-state index in [1.807, 2.05) is 48.5 Å². The van der Waals surface area contributed by atoms with Crippen molar-refractivity contribution in [3.05, 3.63) is 70.8 Å². The number of carbonyl (C=O) groups excluding carboxylic acids is 1. The molecule has 5 nitrogen and oxygen atoms in total. The van der Waals surface area contributed by atoms with Crippen LogP contribution in [0.15, 0.2) is 59.4 Å². The number of rotatable bonds is 2. The van der Waals surface area contributed by atoms with E-state index in [1.54, 1.807) is 6.07 Å². The van der Waals surface area contributed by atoms with Crippen molar-refractivity contribution in [3.8, 4) is 11.3 Å². The Morgan fingerprint density at radius 1 is 1.00 bits per heavy atom. The molecule has 0 aliphatic heterocycles. The Bertz CT molecular complexity index is 1060. The molecule has 0 fully saturated rings. The Morgan fingerprint density at radius 2 is 1.73 bits per heavy atom. The fraction of sp³-hybridized carbons (Fsp3) is 0. The average Bonchev–Trinajstić information content (AvgIpc) is 2.93. The molecule has 0 aliphatic carbocycles. The molecule has 2 heterocycles. The SMILES string of the molecule is O=Cc1nc2ccccc2n2c(=O)[nH]c(-c3ccccc3)c12. The number of fused-ring (bicyclic) bond motifs is 3. The van der Waals surface area contributed by atoms with Crippen LogP contribution < -0.4 is 5.69 Å². The summed E-state index contributed by atoms with van der Waals surface area (Å²) < 4.78 is 1.51. The molecule has 0 amide bonds. The molecule has 4 aromatic rings. The number of benzene rings is 2. The summed E-state index contributed by atoms with van der Waals surface area (Å²) in [4.78, 5) is 31.1. The minimum atomic E-state index is -0.282. The summed E-state index contributed by atoms with van der Waals surface area (Å²) in [6, 6.07) is 16.7. The van der Waals surface area contributed by atoms with Crippen LogP contribution in [0.25, 0.3) is 27.8 Å². The van der Waals surface area contributed by atoms with Gasteiger partial charge in [-0.1, -0.05) is 42.5 Å². The van der Waals surface area contributed by atoms with E-state index in [1.165, 1.54) is 4.40 Å². The molecule has 0 atom stereocenters. The second-order valence-electron chi connectivity index (χ2n) is 4.96. The van der Waals surface area contributed by atoms with Gasteiger partial charge in [-0.3, -0.25) is 9.20 Å². The van der Waals surface area contributed by atoms with Crippen molar-refractivity contribution < 1.29 is 4.79 Å². The standard InChI is InChI=1S/C17H11N3O2/c21-10-13-16-15(11-6-2-1-3-7-11)19-17(22)20(16)14-9-5-4-8-12(14)18-13/h1-10H,(H,19,22). The predicted molar refractivity (Wildman–Crippen MR) is 84.1 cm³/mol. The largest absolute Gasteiger partial charge is 0.331 e. The van der Waals surface area contributed by atoms with Gasteiger partial charge in [-0.15, -0.1) is 0 Å². The molecule has 0 saturated heterocycles. The molecule has 0 aliphatic rings. The van der Waals surface area contributed by atoms with Gasteiger partial charge in [0.2, 0.25) is 0 Å². The summed E-state index contributed by atoms with van der Waals surface area (Å²) in [6.07, 6.45) is 0.682. The van der Waals surface area contributed by atoms with Gasteiger partial charge in [-0.2, -0.15) is 0 Å². The van der Waals surface area contributed by atoms with E-state index < -0.39 is 0 Å². The number of nitrogens with one attached hydrogen (secondary N) is 1. The fourth-order valence-electron chi connectivity index (χ4n) is 2.73. The number of aromatic nitrogens is 3. The smallest absolute Gasteiger partial charge is 0.305 e. The maximum atomic E-state index is 12.4. The molecule has 0 radical (unpaired) electrons. The average molecular weight is 289 g/mol. The Kier molecular flexibility index (Phi) is 2.66. The zero-order chi connectivity index (χ0) is 15.1. The molecular weight excluding hydrogens is 278 g/mol. The van der Waals surface area contributed by atoms with E-state index in [4.69, 9.17) is 0 Å². The number of hydrogen-bond donors (Lipinski definition) is 1. The molecule has 22 heavy (non-hydrogen) atoms. The summed E-state index contributed by atoms with van der Waals surface area (Å²) >= 11 is 0. The number of imidazole rings is 1. The quantitative estimate of drug-likeness (QED) is 0.577. The number of carbonyl (C=O) groups is 1. The Hall–Kier alpha value is -3.21. The predicted octanol–water partition coefficient (Wildman–Crippen LogP) is 2.66. The van der Waals surface area contributed by atoms with Crippen LogP contribution in [0.4, 0.5) is 0 Å². The van der Waals surface area contributed by atoms with Gasteiger partial charge in [0.25, 0.3) is 0 Å². The third-order valence-electron chi connectivity index (χ3n) is 3.68. The van der Waals surface area contributed by atoms with Crippen molar-refractivity contribution in [1.82, 2.24) is 14.4 Å². The molecular formula is C17H11N3O2. The summed E-state index contributed by atoms with van der Waals surface area (Å²) in [7, 11) is 0. The van der Waals surface area contributed by atoms with Gasteiger partial charge in [0.05, 0.1) is 16.7 Å². The Labute approximate surface area is 124 Å². The first-order valence-corrected chi connectivity index (χ1v) is 6.83. The van der Waals surface area contributed by atoms with Crippen LogP contribution in [0.5, 0.6) is 0 Å². The molecule has 1 N–H and O–H groups in total. The second kappa shape index (κ2) is 4.66. The molecule has 4 rings (SSSR count). The Balaban J connectivity index is 2.24. The summed E-state index contributed by atoms with van der Waals surface area (Å²) in [6.45, 7) is 0. The first-order valence-electron chi connectivity index (χ1n) is 6.83. The van der Waals surface area contributed by atoms with Gasteiger partial charge in [0, 0.05) is 5.56 Å². The zero-order valence-corrected chi connectivity index (χ0v) is 11.5. The van der Waals surface area contributed by atoms with Crippen molar-refractivity contribution >= 4 is 22.8 Å². The zero-order valence-electron chi connectivity index (χ0n) is 11.5. The van der Waals surface area contributed by atoms with E-state index in [-0.39, 0.29) is 11.4 Å². The molecule has 106 valence electrons. The highest BCUT2D eigenvalue weighted by molar-refractivity contribution is 5.96. The second-order valence-corrected chi connectivity index (χ2v) is 4.96. The first-order chi connectivity index (χ1) is 10.8. The van der Waals surface area contributed by atoms with Gasteiger partial charge >= 0.3 is 5.69 Å². The van der Waals surface area contributed by atoms with Crippen molar-refractivity contribution in [1.29, 1.82) is 0 Å². The maximum Gasteiger partial charge on any atom is 0.331 e. The maximum absolute atomic E-state index is 12.4. The summed E-state index contributed by atoms with van der Waals surface area (Å²) in [5.41, 5.74) is 3.19.